The lowest BCUT2D eigenvalue weighted by Crippen LogP contribution is -2.16. The van der Waals surface area contributed by atoms with Gasteiger partial charge in [0.2, 0.25) is 0 Å². The van der Waals surface area contributed by atoms with E-state index < -0.39 is 6.10 Å². The Morgan fingerprint density at radius 3 is 2.45 bits per heavy atom. The van der Waals surface area contributed by atoms with Crippen molar-refractivity contribution in [3.05, 3.63) is 53.1 Å². The highest BCUT2D eigenvalue weighted by atomic mass is 32.2. The number of benzene rings is 2. The largest absolute Gasteiger partial charge is 0.497 e. The van der Waals surface area contributed by atoms with Crippen LogP contribution in [0.2, 0.25) is 0 Å². The average Bonchev–Trinajstić information content (AvgIpc) is 2.68. The van der Waals surface area contributed by atoms with E-state index in [0.717, 1.165) is 21.9 Å². The summed E-state index contributed by atoms with van der Waals surface area (Å²) in [7, 11) is 1.65. The number of nitrogens with zero attached hydrogens (tertiary/aromatic N) is 1. The minimum Gasteiger partial charge on any atom is -0.497 e. The summed E-state index contributed by atoms with van der Waals surface area (Å²) in [6.07, 6.45) is 1.02. The molecule has 1 aliphatic rings. The van der Waals surface area contributed by atoms with Gasteiger partial charge in [0.05, 0.1) is 18.0 Å². The molecule has 0 amide bonds. The van der Waals surface area contributed by atoms with Gasteiger partial charge in [-0.05, 0) is 54.8 Å². The molecule has 0 bridgehead atoms. The van der Waals surface area contributed by atoms with Gasteiger partial charge in [-0.2, -0.15) is 0 Å². The van der Waals surface area contributed by atoms with Crippen LogP contribution in [0.15, 0.2) is 46.3 Å². The maximum absolute atomic E-state index is 10.4. The lowest BCUT2D eigenvalue weighted by Gasteiger charge is -2.19. The summed E-state index contributed by atoms with van der Waals surface area (Å²) in [6.45, 7) is 4.18. The van der Waals surface area contributed by atoms with E-state index >= 15 is 0 Å². The van der Waals surface area contributed by atoms with Crippen molar-refractivity contribution in [1.82, 2.24) is 0 Å². The maximum Gasteiger partial charge on any atom is 0.118 e. The smallest absolute Gasteiger partial charge is 0.118 e. The number of ether oxygens (including phenoxy) is 1. The molecular formula is C18H19NO2S. The molecule has 2 unspecified atom stereocenters. The van der Waals surface area contributed by atoms with Crippen LogP contribution in [0.3, 0.4) is 0 Å². The van der Waals surface area contributed by atoms with Gasteiger partial charge in [-0.25, -0.2) is 0 Å². The van der Waals surface area contributed by atoms with Gasteiger partial charge in [-0.3, -0.25) is 4.99 Å². The Labute approximate surface area is 135 Å². The minimum absolute atomic E-state index is 0.0713. The van der Waals surface area contributed by atoms with Gasteiger partial charge in [0, 0.05) is 11.1 Å². The second kappa shape index (κ2) is 6.15. The molecule has 114 valence electrons. The zero-order valence-electron chi connectivity index (χ0n) is 12.9. The summed E-state index contributed by atoms with van der Waals surface area (Å²) in [5, 5.41) is 10.4. The lowest BCUT2D eigenvalue weighted by molar-refractivity contribution is 0.244. The first-order valence-electron chi connectivity index (χ1n) is 7.22. The van der Waals surface area contributed by atoms with Crippen LogP contribution in [-0.2, 0) is 0 Å². The summed E-state index contributed by atoms with van der Waals surface area (Å²) in [5.41, 5.74) is 4.46. The molecule has 2 aromatic rings. The van der Waals surface area contributed by atoms with Crippen molar-refractivity contribution in [1.29, 1.82) is 0 Å². The molecule has 0 spiro atoms. The fourth-order valence-electron chi connectivity index (χ4n) is 2.47. The van der Waals surface area contributed by atoms with E-state index in [1.807, 2.05) is 24.3 Å². The van der Waals surface area contributed by atoms with Crippen LogP contribution < -0.4 is 4.74 Å². The number of aryl methyl sites for hydroxylation is 2. The first-order valence-corrected chi connectivity index (χ1v) is 8.10. The summed E-state index contributed by atoms with van der Waals surface area (Å²) in [4.78, 5) is 5.57. The van der Waals surface area contributed by atoms with Crippen LogP contribution in [0.4, 0.5) is 5.69 Å². The molecule has 0 fully saturated rings. The van der Waals surface area contributed by atoms with E-state index in [2.05, 4.69) is 31.0 Å². The zero-order chi connectivity index (χ0) is 15.7. The zero-order valence-corrected chi connectivity index (χ0v) is 13.7. The molecule has 3 rings (SSSR count). The molecule has 1 aliphatic heterocycles. The predicted molar refractivity (Wildman–Crippen MR) is 91.7 cm³/mol. The Morgan fingerprint density at radius 2 is 1.77 bits per heavy atom. The second-order valence-electron chi connectivity index (χ2n) is 5.48. The summed E-state index contributed by atoms with van der Waals surface area (Å²) in [6, 6.07) is 12.1. The molecule has 0 saturated carbocycles. The van der Waals surface area contributed by atoms with Crippen molar-refractivity contribution < 1.29 is 9.84 Å². The maximum atomic E-state index is 10.4. The van der Waals surface area contributed by atoms with E-state index in [4.69, 9.17) is 4.74 Å². The van der Waals surface area contributed by atoms with Gasteiger partial charge < -0.3 is 9.84 Å². The first-order chi connectivity index (χ1) is 10.6. The summed E-state index contributed by atoms with van der Waals surface area (Å²) < 4.78 is 5.20. The molecule has 1 heterocycles. The molecule has 0 aromatic heterocycles. The van der Waals surface area contributed by atoms with E-state index in [0.29, 0.717) is 0 Å². The van der Waals surface area contributed by atoms with Crippen LogP contribution in [0, 0.1) is 13.8 Å². The van der Waals surface area contributed by atoms with Gasteiger partial charge in [-0.1, -0.05) is 12.1 Å². The molecule has 3 nitrogen and oxygen atoms in total. The van der Waals surface area contributed by atoms with E-state index in [1.165, 1.54) is 11.1 Å². The predicted octanol–water partition coefficient (Wildman–Crippen LogP) is 4.22. The topological polar surface area (TPSA) is 41.8 Å². The van der Waals surface area contributed by atoms with Crippen LogP contribution in [0.5, 0.6) is 5.75 Å². The lowest BCUT2D eigenvalue weighted by atomic mass is 10.1. The Bertz CT molecular complexity index is 710. The highest BCUT2D eigenvalue weighted by Gasteiger charge is 2.25. The molecule has 0 radical (unpaired) electrons. The molecule has 2 atom stereocenters. The SMILES string of the molecule is COc1ccc(C2Sc3cc(C)c(C)cc3N=CC2O)cc1. The number of aliphatic imine (C=N–C) groups is 1. The third kappa shape index (κ3) is 2.89. The van der Waals surface area contributed by atoms with Crippen LogP contribution in [-0.4, -0.2) is 24.5 Å². The van der Waals surface area contributed by atoms with Crippen molar-refractivity contribution in [2.24, 2.45) is 4.99 Å². The van der Waals surface area contributed by atoms with Crippen molar-refractivity contribution in [3.63, 3.8) is 0 Å². The minimum atomic E-state index is -0.619. The Morgan fingerprint density at radius 1 is 1.09 bits per heavy atom. The van der Waals surface area contributed by atoms with Crippen molar-refractivity contribution in [2.75, 3.05) is 7.11 Å². The van der Waals surface area contributed by atoms with Crippen molar-refractivity contribution in [3.8, 4) is 5.75 Å². The van der Waals surface area contributed by atoms with Gasteiger partial charge in [0.1, 0.15) is 11.9 Å². The molecule has 4 heteroatoms. The quantitative estimate of drug-likeness (QED) is 0.902. The first kappa shape index (κ1) is 15.1. The molecule has 22 heavy (non-hydrogen) atoms. The van der Waals surface area contributed by atoms with Gasteiger partial charge >= 0.3 is 0 Å². The van der Waals surface area contributed by atoms with Crippen LogP contribution >= 0.6 is 11.8 Å². The number of thioether (sulfide) groups is 1. The number of hydrogen-bond donors (Lipinski definition) is 1. The van der Waals surface area contributed by atoms with Gasteiger partial charge in [-0.15, -0.1) is 11.8 Å². The van der Waals surface area contributed by atoms with Crippen molar-refractivity contribution in [2.45, 2.75) is 30.1 Å². The monoisotopic (exact) mass is 313 g/mol. The Kier molecular flexibility index (Phi) is 4.23. The summed E-state index contributed by atoms with van der Waals surface area (Å²) in [5.74, 6) is 0.817. The summed E-state index contributed by atoms with van der Waals surface area (Å²) >= 11 is 1.66. The average molecular weight is 313 g/mol. The van der Waals surface area contributed by atoms with Crippen LogP contribution in [0.1, 0.15) is 21.9 Å². The van der Waals surface area contributed by atoms with Gasteiger partial charge in [0.25, 0.3) is 0 Å². The van der Waals surface area contributed by atoms with E-state index in [-0.39, 0.29) is 5.25 Å². The number of hydrogen-bond acceptors (Lipinski definition) is 4. The number of fused-ring (bicyclic) bond motifs is 1. The van der Waals surface area contributed by atoms with Gasteiger partial charge in [0.15, 0.2) is 0 Å². The third-order valence-corrected chi connectivity index (χ3v) is 5.34. The molecule has 2 aromatic carbocycles. The molecular weight excluding hydrogens is 294 g/mol. The molecule has 0 saturated heterocycles. The fourth-order valence-corrected chi connectivity index (χ4v) is 3.72. The van der Waals surface area contributed by atoms with Crippen molar-refractivity contribution >= 4 is 23.7 Å². The molecule has 0 aliphatic carbocycles. The standard InChI is InChI=1S/C18H19NO2S/c1-11-8-15-17(9-12(11)2)22-18(16(20)10-19-15)13-4-6-14(21-3)7-5-13/h4-10,16,18,20H,1-3H3. The fraction of sp³-hybridized carbons (Fsp3) is 0.278. The normalized spacial score (nSPS) is 20.4. The number of rotatable bonds is 2. The Balaban J connectivity index is 1.98. The van der Waals surface area contributed by atoms with Crippen LogP contribution in [0.25, 0.3) is 0 Å². The molecule has 1 N–H and O–H groups in total. The number of aliphatic hydroxyl groups excluding tert-OH is 1. The third-order valence-electron chi connectivity index (χ3n) is 3.95. The number of aliphatic hydroxyl groups is 1. The Hall–Kier alpha value is -1.78. The second-order valence-corrected chi connectivity index (χ2v) is 6.67. The van der Waals surface area contributed by atoms with E-state index in [1.54, 1.807) is 25.1 Å². The number of methoxy groups -OCH3 is 1. The highest BCUT2D eigenvalue weighted by Crippen LogP contribution is 2.44. The van der Waals surface area contributed by atoms with E-state index in [9.17, 15) is 5.11 Å². The highest BCUT2D eigenvalue weighted by molar-refractivity contribution is 7.99.